The molecule has 0 fully saturated rings. The molecule has 2 aromatic rings. The van der Waals surface area contributed by atoms with Crippen LogP contribution in [0, 0.1) is 20.8 Å². The Hall–Kier alpha value is -2.11. The first-order chi connectivity index (χ1) is 10.0. The van der Waals surface area contributed by atoms with Crippen molar-refractivity contribution in [1.82, 2.24) is 24.9 Å². The van der Waals surface area contributed by atoms with Crippen LogP contribution in [0.3, 0.4) is 0 Å². The van der Waals surface area contributed by atoms with Crippen molar-refractivity contribution in [3.8, 4) is 0 Å². The predicted molar refractivity (Wildman–Crippen MR) is 80.9 cm³/mol. The van der Waals surface area contributed by atoms with Crippen molar-refractivity contribution in [2.24, 2.45) is 0 Å². The third-order valence-corrected chi connectivity index (χ3v) is 3.30. The number of aromatic nitrogens is 4. The molecule has 0 saturated heterocycles. The van der Waals surface area contributed by atoms with Gasteiger partial charge in [0.25, 0.3) is 0 Å². The highest BCUT2D eigenvalue weighted by Gasteiger charge is 2.03. The fourth-order valence-corrected chi connectivity index (χ4v) is 2.25. The molecular weight excluding hydrogens is 266 g/mol. The summed E-state index contributed by atoms with van der Waals surface area (Å²) in [6, 6.07) is 2.06. The summed E-state index contributed by atoms with van der Waals surface area (Å²) in [5.74, 6) is 0.0662. The number of rotatable bonds is 7. The Morgan fingerprint density at radius 3 is 2.71 bits per heavy atom. The molecule has 0 aliphatic rings. The van der Waals surface area contributed by atoms with Crippen molar-refractivity contribution in [3.05, 3.63) is 35.4 Å². The number of aryl methyl sites for hydroxylation is 5. The van der Waals surface area contributed by atoms with E-state index in [1.54, 1.807) is 10.9 Å². The maximum atomic E-state index is 11.7. The molecule has 0 unspecified atom stereocenters. The average molecular weight is 289 g/mol. The van der Waals surface area contributed by atoms with Crippen molar-refractivity contribution in [3.63, 3.8) is 0 Å². The fourth-order valence-electron chi connectivity index (χ4n) is 2.25. The van der Waals surface area contributed by atoms with Crippen molar-refractivity contribution in [2.75, 3.05) is 6.54 Å². The molecule has 0 saturated carbocycles. The van der Waals surface area contributed by atoms with Crippen LogP contribution >= 0.6 is 0 Å². The van der Waals surface area contributed by atoms with Crippen molar-refractivity contribution < 1.29 is 4.79 Å². The molecule has 2 heterocycles. The van der Waals surface area contributed by atoms with Crippen molar-refractivity contribution in [2.45, 2.75) is 46.7 Å². The lowest BCUT2D eigenvalue weighted by molar-refractivity contribution is -0.121. The highest BCUT2D eigenvalue weighted by molar-refractivity contribution is 5.75. The van der Waals surface area contributed by atoms with Crippen LogP contribution in [0.2, 0.25) is 0 Å². The zero-order chi connectivity index (χ0) is 15.2. The van der Waals surface area contributed by atoms with Gasteiger partial charge in [-0.2, -0.15) is 10.2 Å². The summed E-state index contributed by atoms with van der Waals surface area (Å²) >= 11 is 0. The largest absolute Gasteiger partial charge is 0.356 e. The topological polar surface area (TPSA) is 64.7 Å². The van der Waals surface area contributed by atoms with E-state index in [-0.39, 0.29) is 5.91 Å². The van der Waals surface area contributed by atoms with Gasteiger partial charge >= 0.3 is 0 Å². The zero-order valence-corrected chi connectivity index (χ0v) is 13.0. The van der Waals surface area contributed by atoms with Gasteiger partial charge in [0.1, 0.15) is 0 Å². The standard InChI is InChI=1S/C15H23N5O/c1-12-10-17-19(11-12)8-5-15(21)16-6-4-7-20-14(3)9-13(2)18-20/h9-11H,4-8H2,1-3H3,(H,16,21). The minimum atomic E-state index is 0.0662. The molecule has 0 aromatic carbocycles. The number of carbonyl (C=O) groups excluding carboxylic acids is 1. The lowest BCUT2D eigenvalue weighted by Crippen LogP contribution is -2.26. The highest BCUT2D eigenvalue weighted by Crippen LogP contribution is 2.02. The minimum absolute atomic E-state index is 0.0662. The van der Waals surface area contributed by atoms with E-state index in [1.165, 1.54) is 0 Å². The van der Waals surface area contributed by atoms with Gasteiger partial charge in [-0.3, -0.25) is 14.2 Å². The summed E-state index contributed by atoms with van der Waals surface area (Å²) in [6.07, 6.45) is 5.08. The van der Waals surface area contributed by atoms with Crippen LogP contribution in [0.4, 0.5) is 0 Å². The number of nitrogens with one attached hydrogen (secondary N) is 1. The lowest BCUT2D eigenvalue weighted by atomic mass is 10.3. The van der Waals surface area contributed by atoms with Gasteiger partial charge in [-0.15, -0.1) is 0 Å². The molecule has 114 valence electrons. The second-order valence-electron chi connectivity index (χ2n) is 5.38. The van der Waals surface area contributed by atoms with E-state index in [4.69, 9.17) is 0 Å². The van der Waals surface area contributed by atoms with E-state index in [0.717, 1.165) is 29.9 Å². The van der Waals surface area contributed by atoms with E-state index < -0.39 is 0 Å². The van der Waals surface area contributed by atoms with E-state index in [9.17, 15) is 4.79 Å². The quantitative estimate of drug-likeness (QED) is 0.787. The third kappa shape index (κ3) is 4.73. The van der Waals surface area contributed by atoms with E-state index >= 15 is 0 Å². The second kappa shape index (κ2) is 7.06. The van der Waals surface area contributed by atoms with Gasteiger partial charge in [-0.25, -0.2) is 0 Å². The fraction of sp³-hybridized carbons (Fsp3) is 0.533. The Labute approximate surface area is 125 Å². The van der Waals surface area contributed by atoms with Gasteiger partial charge in [0.2, 0.25) is 5.91 Å². The molecule has 0 aliphatic carbocycles. The number of carbonyl (C=O) groups is 1. The van der Waals surface area contributed by atoms with Crippen LogP contribution in [0.5, 0.6) is 0 Å². The SMILES string of the molecule is Cc1cnn(CCC(=O)NCCCn2nc(C)cc2C)c1. The molecular formula is C15H23N5O. The maximum Gasteiger partial charge on any atom is 0.221 e. The van der Waals surface area contributed by atoms with Gasteiger partial charge in [0.05, 0.1) is 11.9 Å². The summed E-state index contributed by atoms with van der Waals surface area (Å²) in [7, 11) is 0. The second-order valence-corrected chi connectivity index (χ2v) is 5.38. The van der Waals surface area contributed by atoms with E-state index in [0.29, 0.717) is 19.5 Å². The van der Waals surface area contributed by atoms with Gasteiger partial charge in [0, 0.05) is 37.9 Å². The normalized spacial score (nSPS) is 10.8. The molecule has 0 radical (unpaired) electrons. The minimum Gasteiger partial charge on any atom is -0.356 e. The first-order valence-corrected chi connectivity index (χ1v) is 7.31. The number of hydrogen-bond donors (Lipinski definition) is 1. The van der Waals surface area contributed by atoms with Crippen LogP contribution in [0.1, 0.15) is 29.8 Å². The Morgan fingerprint density at radius 2 is 2.10 bits per heavy atom. The number of amides is 1. The third-order valence-electron chi connectivity index (χ3n) is 3.30. The zero-order valence-electron chi connectivity index (χ0n) is 13.0. The molecule has 6 nitrogen and oxygen atoms in total. The Bertz CT molecular complexity index is 599. The van der Waals surface area contributed by atoms with Gasteiger partial charge in [-0.1, -0.05) is 0 Å². The molecule has 0 spiro atoms. The van der Waals surface area contributed by atoms with Crippen LogP contribution < -0.4 is 5.32 Å². The number of nitrogens with zero attached hydrogens (tertiary/aromatic N) is 4. The monoisotopic (exact) mass is 289 g/mol. The molecule has 6 heteroatoms. The Balaban J connectivity index is 1.62. The van der Waals surface area contributed by atoms with Crippen LogP contribution in [-0.4, -0.2) is 32.0 Å². The first-order valence-electron chi connectivity index (χ1n) is 7.31. The molecule has 2 aromatic heterocycles. The molecule has 21 heavy (non-hydrogen) atoms. The van der Waals surface area contributed by atoms with E-state index in [1.807, 2.05) is 31.6 Å². The molecule has 1 N–H and O–H groups in total. The van der Waals surface area contributed by atoms with Crippen LogP contribution in [-0.2, 0) is 17.9 Å². The summed E-state index contributed by atoms with van der Waals surface area (Å²) in [6.45, 7) is 8.15. The van der Waals surface area contributed by atoms with Crippen LogP contribution in [0.25, 0.3) is 0 Å². The van der Waals surface area contributed by atoms with Gasteiger partial charge < -0.3 is 5.32 Å². The smallest absolute Gasteiger partial charge is 0.221 e. The Morgan fingerprint density at radius 1 is 1.29 bits per heavy atom. The first kappa shape index (κ1) is 15.3. The summed E-state index contributed by atoms with van der Waals surface area (Å²) in [5.41, 5.74) is 3.30. The van der Waals surface area contributed by atoms with Gasteiger partial charge in [-0.05, 0) is 38.8 Å². The molecule has 2 rings (SSSR count). The summed E-state index contributed by atoms with van der Waals surface area (Å²) in [4.78, 5) is 11.7. The van der Waals surface area contributed by atoms with Crippen LogP contribution in [0.15, 0.2) is 18.5 Å². The van der Waals surface area contributed by atoms with E-state index in [2.05, 4.69) is 21.6 Å². The van der Waals surface area contributed by atoms with Crippen molar-refractivity contribution in [1.29, 1.82) is 0 Å². The maximum absolute atomic E-state index is 11.7. The predicted octanol–water partition coefficient (Wildman–Crippen LogP) is 1.60. The Kier molecular flexibility index (Phi) is 5.14. The summed E-state index contributed by atoms with van der Waals surface area (Å²) < 4.78 is 3.78. The lowest BCUT2D eigenvalue weighted by Gasteiger charge is -2.07. The molecule has 0 bridgehead atoms. The molecule has 1 amide bonds. The van der Waals surface area contributed by atoms with Crippen molar-refractivity contribution >= 4 is 5.91 Å². The summed E-state index contributed by atoms with van der Waals surface area (Å²) in [5, 5.41) is 11.5. The van der Waals surface area contributed by atoms with Gasteiger partial charge in [0.15, 0.2) is 0 Å². The average Bonchev–Trinajstić information content (AvgIpc) is 2.98. The number of hydrogen-bond acceptors (Lipinski definition) is 3. The molecule has 0 atom stereocenters. The molecule has 0 aliphatic heterocycles. The highest BCUT2D eigenvalue weighted by atomic mass is 16.1.